The van der Waals surface area contributed by atoms with Crippen LogP contribution in [0, 0.1) is 0 Å². The molecular weight excluding hydrogens is 216 g/mol. The lowest BCUT2D eigenvalue weighted by Gasteiger charge is -2.09. The first-order chi connectivity index (χ1) is 7.77. The standard InChI is InChI=1S/C13H12N2S/c14-11-8-4-5-9-12(11)15-13(16)10-6-2-1-3-7-10/h1-9H,14H2,(H,15,16). The normalized spacial score (nSPS) is 9.75. The minimum atomic E-state index is 0.679. The molecule has 0 atom stereocenters. The molecule has 0 radical (unpaired) electrons. The maximum atomic E-state index is 5.82. The van der Waals surface area contributed by atoms with E-state index in [0.717, 1.165) is 11.3 Å². The molecule has 16 heavy (non-hydrogen) atoms. The predicted molar refractivity (Wildman–Crippen MR) is 72.6 cm³/mol. The largest absolute Gasteiger partial charge is 0.397 e. The van der Waals surface area contributed by atoms with Crippen molar-refractivity contribution in [3.63, 3.8) is 0 Å². The molecule has 0 aromatic heterocycles. The van der Waals surface area contributed by atoms with Gasteiger partial charge in [-0.05, 0) is 12.1 Å². The first kappa shape index (κ1) is 10.6. The Morgan fingerprint density at radius 2 is 1.56 bits per heavy atom. The van der Waals surface area contributed by atoms with Gasteiger partial charge in [-0.3, -0.25) is 0 Å². The maximum absolute atomic E-state index is 5.82. The third-order valence-electron chi connectivity index (χ3n) is 2.24. The Hall–Kier alpha value is -1.87. The maximum Gasteiger partial charge on any atom is 0.111 e. The van der Waals surface area contributed by atoms with Crippen LogP contribution in [-0.4, -0.2) is 4.99 Å². The second-order valence-electron chi connectivity index (χ2n) is 3.41. The van der Waals surface area contributed by atoms with E-state index in [0.29, 0.717) is 10.7 Å². The summed E-state index contributed by atoms with van der Waals surface area (Å²) >= 11 is 5.30. The lowest BCUT2D eigenvalue weighted by Crippen LogP contribution is -2.11. The van der Waals surface area contributed by atoms with Crippen LogP contribution in [0.4, 0.5) is 11.4 Å². The fraction of sp³-hybridized carbons (Fsp3) is 0. The van der Waals surface area contributed by atoms with Crippen molar-refractivity contribution in [3.8, 4) is 0 Å². The number of nitrogens with one attached hydrogen (secondary N) is 1. The Morgan fingerprint density at radius 1 is 0.938 bits per heavy atom. The second kappa shape index (κ2) is 4.77. The molecule has 2 nitrogen and oxygen atoms in total. The zero-order chi connectivity index (χ0) is 11.4. The van der Waals surface area contributed by atoms with Crippen molar-refractivity contribution >= 4 is 28.6 Å². The van der Waals surface area contributed by atoms with Gasteiger partial charge in [0, 0.05) is 5.56 Å². The summed E-state index contributed by atoms with van der Waals surface area (Å²) in [5, 5.41) is 3.13. The summed E-state index contributed by atoms with van der Waals surface area (Å²) in [6, 6.07) is 17.4. The van der Waals surface area contributed by atoms with Crippen LogP contribution >= 0.6 is 12.2 Å². The molecule has 2 aromatic carbocycles. The van der Waals surface area contributed by atoms with Gasteiger partial charge in [-0.25, -0.2) is 0 Å². The van der Waals surface area contributed by atoms with Gasteiger partial charge in [0.15, 0.2) is 0 Å². The van der Waals surface area contributed by atoms with E-state index in [1.807, 2.05) is 54.6 Å². The first-order valence-electron chi connectivity index (χ1n) is 4.98. The Labute approximate surface area is 100 Å². The fourth-order valence-corrected chi connectivity index (χ4v) is 1.64. The van der Waals surface area contributed by atoms with E-state index in [9.17, 15) is 0 Å². The molecule has 3 heteroatoms. The molecule has 2 aromatic rings. The van der Waals surface area contributed by atoms with E-state index < -0.39 is 0 Å². The molecule has 0 unspecified atom stereocenters. The average molecular weight is 228 g/mol. The zero-order valence-corrected chi connectivity index (χ0v) is 9.50. The van der Waals surface area contributed by atoms with Crippen molar-refractivity contribution in [1.29, 1.82) is 0 Å². The molecule has 0 bridgehead atoms. The third-order valence-corrected chi connectivity index (χ3v) is 2.58. The van der Waals surface area contributed by atoms with Gasteiger partial charge < -0.3 is 11.1 Å². The molecule has 0 spiro atoms. The highest BCUT2D eigenvalue weighted by molar-refractivity contribution is 7.81. The van der Waals surface area contributed by atoms with Crippen LogP contribution in [0.1, 0.15) is 5.56 Å². The van der Waals surface area contributed by atoms with Crippen molar-refractivity contribution < 1.29 is 0 Å². The summed E-state index contributed by atoms with van der Waals surface area (Å²) in [7, 11) is 0. The molecule has 0 saturated carbocycles. The predicted octanol–water partition coefficient (Wildman–Crippen LogP) is 3.06. The Morgan fingerprint density at radius 3 is 2.25 bits per heavy atom. The second-order valence-corrected chi connectivity index (χ2v) is 3.82. The highest BCUT2D eigenvalue weighted by atomic mass is 32.1. The van der Waals surface area contributed by atoms with E-state index in [-0.39, 0.29) is 0 Å². The number of rotatable bonds is 2. The van der Waals surface area contributed by atoms with Gasteiger partial charge in [-0.15, -0.1) is 0 Å². The smallest absolute Gasteiger partial charge is 0.111 e. The number of nitrogen functional groups attached to an aromatic ring is 1. The Bertz CT molecular complexity index is 494. The summed E-state index contributed by atoms with van der Waals surface area (Å²) in [4.78, 5) is 0.679. The Kier molecular flexibility index (Phi) is 3.17. The number of benzene rings is 2. The van der Waals surface area contributed by atoms with Crippen LogP contribution in [0.25, 0.3) is 0 Å². The van der Waals surface area contributed by atoms with Crippen LogP contribution in [0.5, 0.6) is 0 Å². The molecule has 3 N–H and O–H groups in total. The van der Waals surface area contributed by atoms with Crippen molar-refractivity contribution in [1.82, 2.24) is 0 Å². The van der Waals surface area contributed by atoms with Gasteiger partial charge >= 0.3 is 0 Å². The Balaban J connectivity index is 2.18. The van der Waals surface area contributed by atoms with Gasteiger partial charge in [0.05, 0.1) is 11.4 Å². The van der Waals surface area contributed by atoms with Crippen molar-refractivity contribution in [2.45, 2.75) is 0 Å². The van der Waals surface area contributed by atoms with Gasteiger partial charge in [0.2, 0.25) is 0 Å². The van der Waals surface area contributed by atoms with E-state index in [1.165, 1.54) is 0 Å². The van der Waals surface area contributed by atoms with Crippen LogP contribution in [0.2, 0.25) is 0 Å². The van der Waals surface area contributed by atoms with Crippen molar-refractivity contribution in [2.75, 3.05) is 11.1 Å². The first-order valence-corrected chi connectivity index (χ1v) is 5.39. The van der Waals surface area contributed by atoms with E-state index in [2.05, 4.69) is 5.32 Å². The van der Waals surface area contributed by atoms with Gasteiger partial charge in [-0.1, -0.05) is 54.7 Å². The fourth-order valence-electron chi connectivity index (χ4n) is 1.39. The number of para-hydroxylation sites is 2. The zero-order valence-electron chi connectivity index (χ0n) is 8.68. The molecule has 0 aliphatic carbocycles. The topological polar surface area (TPSA) is 38.0 Å². The number of nitrogens with two attached hydrogens (primary N) is 1. The molecule has 0 fully saturated rings. The molecule has 0 saturated heterocycles. The van der Waals surface area contributed by atoms with Gasteiger partial charge in [0.25, 0.3) is 0 Å². The summed E-state index contributed by atoms with van der Waals surface area (Å²) in [5.74, 6) is 0. The number of hydrogen-bond acceptors (Lipinski definition) is 2. The quantitative estimate of drug-likeness (QED) is 0.613. The molecule has 80 valence electrons. The molecular formula is C13H12N2S. The van der Waals surface area contributed by atoms with Crippen molar-refractivity contribution in [2.24, 2.45) is 0 Å². The third kappa shape index (κ3) is 2.38. The molecule has 2 rings (SSSR count). The van der Waals surface area contributed by atoms with E-state index >= 15 is 0 Å². The van der Waals surface area contributed by atoms with Crippen LogP contribution in [-0.2, 0) is 0 Å². The van der Waals surface area contributed by atoms with Crippen LogP contribution in [0.15, 0.2) is 54.6 Å². The van der Waals surface area contributed by atoms with E-state index in [4.69, 9.17) is 18.0 Å². The van der Waals surface area contributed by atoms with Gasteiger partial charge in [-0.2, -0.15) is 0 Å². The van der Waals surface area contributed by atoms with Crippen molar-refractivity contribution in [3.05, 3.63) is 60.2 Å². The van der Waals surface area contributed by atoms with Gasteiger partial charge in [0.1, 0.15) is 4.99 Å². The highest BCUT2D eigenvalue weighted by Crippen LogP contribution is 2.18. The van der Waals surface area contributed by atoms with Crippen LogP contribution < -0.4 is 11.1 Å². The van der Waals surface area contributed by atoms with E-state index in [1.54, 1.807) is 0 Å². The number of thiocarbonyl (C=S) groups is 1. The summed E-state index contributed by atoms with van der Waals surface area (Å²) in [6.07, 6.45) is 0. The summed E-state index contributed by atoms with van der Waals surface area (Å²) in [5.41, 5.74) is 8.35. The minimum Gasteiger partial charge on any atom is -0.397 e. The number of hydrogen-bond donors (Lipinski definition) is 2. The number of anilines is 2. The SMILES string of the molecule is Nc1ccccc1NC(=S)c1ccccc1. The highest BCUT2D eigenvalue weighted by Gasteiger charge is 2.02. The minimum absolute atomic E-state index is 0.679. The monoisotopic (exact) mass is 228 g/mol. The van der Waals surface area contributed by atoms with Crippen LogP contribution in [0.3, 0.4) is 0 Å². The molecule has 0 amide bonds. The summed E-state index contributed by atoms with van der Waals surface area (Å²) < 4.78 is 0. The lowest BCUT2D eigenvalue weighted by molar-refractivity contribution is 1.60. The summed E-state index contributed by atoms with van der Waals surface area (Å²) in [6.45, 7) is 0. The average Bonchev–Trinajstić information content (AvgIpc) is 2.33. The lowest BCUT2D eigenvalue weighted by atomic mass is 10.2. The molecule has 0 heterocycles. The molecule has 0 aliphatic rings. The molecule has 0 aliphatic heterocycles.